The summed E-state index contributed by atoms with van der Waals surface area (Å²) in [7, 11) is 0. The molecule has 7 heteroatoms. The molecule has 6 nitrogen and oxygen atoms in total. The van der Waals surface area contributed by atoms with Gasteiger partial charge in [-0.25, -0.2) is 9.97 Å². The Hall–Kier alpha value is -1.99. The van der Waals surface area contributed by atoms with E-state index in [0.717, 1.165) is 23.9 Å². The van der Waals surface area contributed by atoms with Gasteiger partial charge in [-0.05, 0) is 26.0 Å². The van der Waals surface area contributed by atoms with E-state index in [4.69, 9.17) is 5.73 Å². The molecule has 0 bridgehead atoms. The van der Waals surface area contributed by atoms with Crippen molar-refractivity contribution in [1.29, 1.82) is 0 Å². The molecule has 21 heavy (non-hydrogen) atoms. The minimum absolute atomic E-state index is 0.247. The van der Waals surface area contributed by atoms with Gasteiger partial charge in [-0.1, -0.05) is 0 Å². The van der Waals surface area contributed by atoms with E-state index >= 15 is 0 Å². The third kappa shape index (κ3) is 3.77. The molecule has 0 aliphatic rings. The fourth-order valence-electron chi connectivity index (χ4n) is 1.90. The molecule has 0 radical (unpaired) electrons. The molecule has 0 unspecified atom stereocenters. The number of carbonyl (C=O) groups excluding carboxylic acids is 1. The molecule has 0 atom stereocenters. The topological polar surface area (TPSA) is 84.1 Å². The van der Waals surface area contributed by atoms with Crippen LogP contribution < -0.4 is 16.0 Å². The SMILES string of the molecule is CCN(CC)c1ccc(NC(=O)c2csc(CN)n2)cn1. The highest BCUT2D eigenvalue weighted by Crippen LogP contribution is 2.15. The number of carbonyl (C=O) groups is 1. The molecule has 0 fully saturated rings. The Morgan fingerprint density at radius 2 is 2.14 bits per heavy atom. The number of thiazole rings is 1. The summed E-state index contributed by atoms with van der Waals surface area (Å²) in [6.45, 7) is 6.31. The van der Waals surface area contributed by atoms with Crippen molar-refractivity contribution in [1.82, 2.24) is 9.97 Å². The van der Waals surface area contributed by atoms with Crippen LogP contribution in [0.25, 0.3) is 0 Å². The normalized spacial score (nSPS) is 10.4. The fourth-order valence-corrected chi connectivity index (χ4v) is 2.55. The van der Waals surface area contributed by atoms with E-state index in [9.17, 15) is 4.79 Å². The van der Waals surface area contributed by atoms with Crippen LogP contribution in [0.15, 0.2) is 23.7 Å². The zero-order valence-electron chi connectivity index (χ0n) is 12.2. The number of pyridine rings is 1. The minimum Gasteiger partial charge on any atom is -0.357 e. The van der Waals surface area contributed by atoms with Crippen LogP contribution in [0.1, 0.15) is 29.3 Å². The van der Waals surface area contributed by atoms with Crippen molar-refractivity contribution in [3.8, 4) is 0 Å². The molecule has 2 rings (SSSR count). The number of rotatable bonds is 6. The van der Waals surface area contributed by atoms with Crippen molar-refractivity contribution < 1.29 is 4.79 Å². The Bertz CT molecular complexity index is 592. The Labute approximate surface area is 128 Å². The Balaban J connectivity index is 2.04. The highest BCUT2D eigenvalue weighted by molar-refractivity contribution is 7.09. The number of amides is 1. The van der Waals surface area contributed by atoms with E-state index in [0.29, 0.717) is 17.9 Å². The van der Waals surface area contributed by atoms with Crippen molar-refractivity contribution in [2.45, 2.75) is 20.4 Å². The highest BCUT2D eigenvalue weighted by Gasteiger charge is 2.11. The second-order valence-electron chi connectivity index (χ2n) is 4.36. The van der Waals surface area contributed by atoms with Crippen LogP contribution in [0.5, 0.6) is 0 Å². The van der Waals surface area contributed by atoms with Crippen LogP contribution in [0.3, 0.4) is 0 Å². The largest absolute Gasteiger partial charge is 0.357 e. The smallest absolute Gasteiger partial charge is 0.275 e. The van der Waals surface area contributed by atoms with Gasteiger partial charge in [0.1, 0.15) is 16.5 Å². The number of nitrogens with two attached hydrogens (primary N) is 1. The maximum absolute atomic E-state index is 12.0. The lowest BCUT2D eigenvalue weighted by molar-refractivity contribution is 0.102. The average molecular weight is 305 g/mol. The van der Waals surface area contributed by atoms with Crippen molar-refractivity contribution >= 4 is 28.7 Å². The number of nitrogens with zero attached hydrogens (tertiary/aromatic N) is 3. The second kappa shape index (κ2) is 7.14. The first-order chi connectivity index (χ1) is 10.2. The van der Waals surface area contributed by atoms with Gasteiger partial charge in [0.15, 0.2) is 0 Å². The number of hydrogen-bond donors (Lipinski definition) is 2. The van der Waals surface area contributed by atoms with Gasteiger partial charge < -0.3 is 16.0 Å². The first-order valence-electron chi connectivity index (χ1n) is 6.84. The quantitative estimate of drug-likeness (QED) is 0.853. The van der Waals surface area contributed by atoms with E-state index in [-0.39, 0.29) is 5.91 Å². The van der Waals surface area contributed by atoms with Crippen molar-refractivity contribution in [3.05, 3.63) is 34.4 Å². The first kappa shape index (κ1) is 15.4. The van der Waals surface area contributed by atoms with Crippen LogP contribution in [-0.2, 0) is 6.54 Å². The number of hydrogen-bond acceptors (Lipinski definition) is 6. The summed E-state index contributed by atoms with van der Waals surface area (Å²) in [5.41, 5.74) is 6.52. The van der Waals surface area contributed by atoms with Crippen molar-refractivity contribution in [2.75, 3.05) is 23.3 Å². The van der Waals surface area contributed by atoms with E-state index in [1.54, 1.807) is 11.6 Å². The summed E-state index contributed by atoms with van der Waals surface area (Å²) < 4.78 is 0. The first-order valence-corrected chi connectivity index (χ1v) is 7.72. The number of aromatic nitrogens is 2. The Morgan fingerprint density at radius 1 is 1.38 bits per heavy atom. The van der Waals surface area contributed by atoms with E-state index in [1.165, 1.54) is 11.3 Å². The van der Waals surface area contributed by atoms with Crippen molar-refractivity contribution in [2.24, 2.45) is 5.73 Å². The number of nitrogens with one attached hydrogen (secondary N) is 1. The molecule has 0 saturated heterocycles. The van der Waals surface area contributed by atoms with Crippen LogP contribution >= 0.6 is 11.3 Å². The van der Waals surface area contributed by atoms with Crippen LogP contribution in [0.2, 0.25) is 0 Å². The van der Waals surface area contributed by atoms with Crippen LogP contribution in [0, 0.1) is 0 Å². The van der Waals surface area contributed by atoms with E-state index in [1.807, 2.05) is 12.1 Å². The Morgan fingerprint density at radius 3 is 2.67 bits per heavy atom. The molecule has 0 saturated carbocycles. The molecule has 0 aromatic carbocycles. The number of anilines is 2. The van der Waals surface area contributed by atoms with Crippen molar-refractivity contribution in [3.63, 3.8) is 0 Å². The molecule has 1 amide bonds. The summed E-state index contributed by atoms with van der Waals surface area (Å²) in [5.74, 6) is 0.653. The van der Waals surface area contributed by atoms with Gasteiger partial charge >= 0.3 is 0 Å². The summed E-state index contributed by atoms with van der Waals surface area (Å²) in [4.78, 5) is 22.7. The van der Waals surface area contributed by atoms with Gasteiger partial charge in [-0.15, -0.1) is 11.3 Å². The van der Waals surface area contributed by atoms with Gasteiger partial charge in [0.2, 0.25) is 0 Å². The third-order valence-electron chi connectivity index (χ3n) is 3.05. The van der Waals surface area contributed by atoms with Gasteiger partial charge in [-0.3, -0.25) is 4.79 Å². The zero-order valence-corrected chi connectivity index (χ0v) is 13.0. The lowest BCUT2D eigenvalue weighted by Gasteiger charge is -2.19. The predicted molar refractivity (Wildman–Crippen MR) is 85.8 cm³/mol. The van der Waals surface area contributed by atoms with Gasteiger partial charge in [0.05, 0.1) is 11.9 Å². The fraction of sp³-hybridized carbons (Fsp3) is 0.357. The summed E-state index contributed by atoms with van der Waals surface area (Å²) >= 11 is 1.38. The molecule has 112 valence electrons. The highest BCUT2D eigenvalue weighted by atomic mass is 32.1. The molecule has 2 heterocycles. The lowest BCUT2D eigenvalue weighted by atomic mass is 10.3. The van der Waals surface area contributed by atoms with Gasteiger partial charge in [0.25, 0.3) is 5.91 Å². The maximum atomic E-state index is 12.0. The van der Waals surface area contributed by atoms with E-state index in [2.05, 4.69) is 34.0 Å². The van der Waals surface area contributed by atoms with Gasteiger partial charge in [-0.2, -0.15) is 0 Å². The third-order valence-corrected chi connectivity index (χ3v) is 3.92. The molecule has 3 N–H and O–H groups in total. The molecular weight excluding hydrogens is 286 g/mol. The minimum atomic E-state index is -0.247. The van der Waals surface area contributed by atoms with E-state index < -0.39 is 0 Å². The molecule has 2 aromatic heterocycles. The molecule has 0 aliphatic heterocycles. The Kier molecular flexibility index (Phi) is 5.24. The summed E-state index contributed by atoms with van der Waals surface area (Å²) in [5, 5.41) is 5.23. The monoisotopic (exact) mass is 305 g/mol. The van der Waals surface area contributed by atoms with Crippen LogP contribution in [0.4, 0.5) is 11.5 Å². The molecule has 0 spiro atoms. The average Bonchev–Trinajstić information content (AvgIpc) is 2.99. The van der Waals surface area contributed by atoms with Crippen LogP contribution in [-0.4, -0.2) is 29.0 Å². The second-order valence-corrected chi connectivity index (χ2v) is 5.30. The molecular formula is C14H19N5OS. The standard InChI is InChI=1S/C14H19N5OS/c1-3-19(4-2)12-6-5-10(8-16-12)17-14(20)11-9-21-13(7-15)18-11/h5-6,8-9H,3-4,7,15H2,1-2H3,(H,17,20). The van der Waals surface area contributed by atoms with Gasteiger partial charge in [0, 0.05) is 25.0 Å². The predicted octanol–water partition coefficient (Wildman–Crippen LogP) is 2.10. The lowest BCUT2D eigenvalue weighted by Crippen LogP contribution is -2.22. The summed E-state index contributed by atoms with van der Waals surface area (Å²) in [6.07, 6.45) is 1.65. The molecule has 2 aromatic rings. The summed E-state index contributed by atoms with van der Waals surface area (Å²) in [6, 6.07) is 3.74. The zero-order chi connectivity index (χ0) is 15.2. The molecule has 0 aliphatic carbocycles. The maximum Gasteiger partial charge on any atom is 0.275 e.